The molecule has 0 amide bonds. The van der Waals surface area contributed by atoms with Crippen molar-refractivity contribution in [3.63, 3.8) is 0 Å². The molecule has 0 saturated heterocycles. The summed E-state index contributed by atoms with van der Waals surface area (Å²) >= 11 is 0. The molecule has 0 spiro atoms. The number of aromatic nitrogens is 3. The molecule has 0 saturated carbocycles. The number of benzene rings is 11. The van der Waals surface area contributed by atoms with Gasteiger partial charge in [-0.2, -0.15) is 0 Å². The molecule has 1 heterocycles. The van der Waals surface area contributed by atoms with E-state index in [2.05, 4.69) is 206 Å². The van der Waals surface area contributed by atoms with E-state index in [1.165, 1.54) is 60.0 Å². The van der Waals surface area contributed by atoms with Crippen molar-refractivity contribution in [3.8, 4) is 67.5 Å². The van der Waals surface area contributed by atoms with E-state index in [1.807, 2.05) is 18.2 Å². The SMILES string of the molecule is c1ccc(-c2nc(-c3ccc4ccccc4c3-c3ccccc3)nc(-c3ccc(-c4c5ccccc5c(-c5cccc6ccccc56)c5ccccc45)c4ccccc34)n2)cc1. The van der Waals surface area contributed by atoms with Crippen molar-refractivity contribution in [2.24, 2.45) is 0 Å². The molecule has 0 fully saturated rings. The Morgan fingerprint density at radius 3 is 1.19 bits per heavy atom. The molecule has 3 nitrogen and oxygen atoms in total. The van der Waals surface area contributed by atoms with E-state index in [0.717, 1.165) is 44.0 Å². The summed E-state index contributed by atoms with van der Waals surface area (Å²) in [5.41, 5.74) is 9.94. The number of fused-ring (bicyclic) bond motifs is 5. The van der Waals surface area contributed by atoms with Crippen molar-refractivity contribution in [3.05, 3.63) is 224 Å². The summed E-state index contributed by atoms with van der Waals surface area (Å²) < 4.78 is 0. The maximum absolute atomic E-state index is 5.39. The van der Waals surface area contributed by atoms with Crippen LogP contribution in [0.4, 0.5) is 0 Å². The smallest absolute Gasteiger partial charge is 0.164 e. The van der Waals surface area contributed by atoms with Crippen molar-refractivity contribution < 1.29 is 0 Å². The van der Waals surface area contributed by atoms with Crippen molar-refractivity contribution in [1.82, 2.24) is 15.0 Å². The maximum atomic E-state index is 5.39. The molecule has 0 aliphatic rings. The van der Waals surface area contributed by atoms with Gasteiger partial charge in [-0.25, -0.2) is 15.0 Å². The van der Waals surface area contributed by atoms with Crippen LogP contribution >= 0.6 is 0 Å². The minimum absolute atomic E-state index is 0.629. The minimum Gasteiger partial charge on any atom is -0.208 e. The number of hydrogen-bond donors (Lipinski definition) is 0. The van der Waals surface area contributed by atoms with E-state index < -0.39 is 0 Å². The van der Waals surface area contributed by atoms with Crippen LogP contribution in [0.25, 0.3) is 121 Å². The van der Waals surface area contributed by atoms with E-state index in [1.54, 1.807) is 0 Å². The van der Waals surface area contributed by atoms with Gasteiger partial charge < -0.3 is 0 Å². The molecule has 0 atom stereocenters. The molecule has 62 heavy (non-hydrogen) atoms. The zero-order valence-electron chi connectivity index (χ0n) is 33.7. The summed E-state index contributed by atoms with van der Waals surface area (Å²) in [5, 5.41) is 11.9. The molecule has 288 valence electrons. The predicted molar refractivity (Wildman–Crippen MR) is 260 cm³/mol. The number of nitrogens with zero attached hydrogens (tertiary/aromatic N) is 3. The first-order valence-corrected chi connectivity index (χ1v) is 21.1. The molecule has 3 heteroatoms. The molecule has 0 aliphatic carbocycles. The van der Waals surface area contributed by atoms with Gasteiger partial charge in [0.05, 0.1) is 0 Å². The van der Waals surface area contributed by atoms with Crippen LogP contribution in [0.3, 0.4) is 0 Å². The number of rotatable bonds is 6. The zero-order valence-corrected chi connectivity index (χ0v) is 33.7. The summed E-state index contributed by atoms with van der Waals surface area (Å²) in [6.45, 7) is 0. The normalized spacial score (nSPS) is 11.5. The van der Waals surface area contributed by atoms with Gasteiger partial charge in [0.25, 0.3) is 0 Å². The van der Waals surface area contributed by atoms with E-state index >= 15 is 0 Å². The molecule has 0 N–H and O–H groups in total. The van der Waals surface area contributed by atoms with Gasteiger partial charge in [-0.3, -0.25) is 0 Å². The Kier molecular flexibility index (Phi) is 8.50. The topological polar surface area (TPSA) is 38.7 Å². The third-order valence-electron chi connectivity index (χ3n) is 12.3. The lowest BCUT2D eigenvalue weighted by atomic mass is 9.83. The zero-order chi connectivity index (χ0) is 41.0. The average molecular weight is 788 g/mol. The lowest BCUT2D eigenvalue weighted by Gasteiger charge is -2.20. The lowest BCUT2D eigenvalue weighted by molar-refractivity contribution is 1.08. The van der Waals surface area contributed by atoms with Gasteiger partial charge in [-0.05, 0) is 93.8 Å². The lowest BCUT2D eigenvalue weighted by Crippen LogP contribution is -2.02. The highest BCUT2D eigenvalue weighted by Crippen LogP contribution is 2.48. The van der Waals surface area contributed by atoms with Gasteiger partial charge >= 0.3 is 0 Å². The van der Waals surface area contributed by atoms with E-state index in [-0.39, 0.29) is 0 Å². The van der Waals surface area contributed by atoms with Crippen LogP contribution in [-0.4, -0.2) is 15.0 Å². The second-order valence-electron chi connectivity index (χ2n) is 15.8. The van der Waals surface area contributed by atoms with Crippen molar-refractivity contribution in [2.75, 3.05) is 0 Å². The Hall–Kier alpha value is -8.27. The molecular formula is C59H37N3. The monoisotopic (exact) mass is 787 g/mol. The van der Waals surface area contributed by atoms with Crippen molar-refractivity contribution >= 4 is 53.9 Å². The van der Waals surface area contributed by atoms with Crippen molar-refractivity contribution in [1.29, 1.82) is 0 Å². The Morgan fingerprint density at radius 1 is 0.194 bits per heavy atom. The van der Waals surface area contributed by atoms with E-state index in [9.17, 15) is 0 Å². The summed E-state index contributed by atoms with van der Waals surface area (Å²) in [7, 11) is 0. The molecule has 11 aromatic carbocycles. The van der Waals surface area contributed by atoms with Crippen LogP contribution in [0.2, 0.25) is 0 Å². The highest BCUT2D eigenvalue weighted by atomic mass is 15.0. The van der Waals surface area contributed by atoms with Gasteiger partial charge in [0.15, 0.2) is 17.5 Å². The predicted octanol–water partition coefficient (Wildman–Crippen LogP) is 15.6. The molecule has 12 aromatic rings. The van der Waals surface area contributed by atoms with Crippen LogP contribution < -0.4 is 0 Å². The first-order chi connectivity index (χ1) is 30.8. The first-order valence-electron chi connectivity index (χ1n) is 21.1. The van der Waals surface area contributed by atoms with Crippen LogP contribution in [0, 0.1) is 0 Å². The molecule has 12 rings (SSSR count). The number of hydrogen-bond acceptors (Lipinski definition) is 3. The molecule has 0 radical (unpaired) electrons. The van der Waals surface area contributed by atoms with E-state index in [4.69, 9.17) is 15.0 Å². The van der Waals surface area contributed by atoms with Gasteiger partial charge in [-0.15, -0.1) is 0 Å². The largest absolute Gasteiger partial charge is 0.208 e. The summed E-state index contributed by atoms with van der Waals surface area (Å²) in [4.78, 5) is 15.9. The van der Waals surface area contributed by atoms with Crippen molar-refractivity contribution in [2.45, 2.75) is 0 Å². The second-order valence-corrected chi connectivity index (χ2v) is 15.8. The summed E-state index contributed by atoms with van der Waals surface area (Å²) in [5.74, 6) is 1.89. The maximum Gasteiger partial charge on any atom is 0.164 e. The van der Waals surface area contributed by atoms with Gasteiger partial charge in [0, 0.05) is 22.3 Å². The molecule has 1 aromatic heterocycles. The first kappa shape index (κ1) is 35.7. The van der Waals surface area contributed by atoms with Gasteiger partial charge in [0.1, 0.15) is 0 Å². The van der Waals surface area contributed by atoms with Crippen LogP contribution in [0.1, 0.15) is 0 Å². The summed E-state index contributed by atoms with van der Waals surface area (Å²) in [6, 6.07) is 80.0. The van der Waals surface area contributed by atoms with Crippen LogP contribution in [0.15, 0.2) is 224 Å². The fraction of sp³-hybridized carbons (Fsp3) is 0. The van der Waals surface area contributed by atoms with Crippen LogP contribution in [-0.2, 0) is 0 Å². The second kappa shape index (κ2) is 14.8. The third kappa shape index (κ3) is 5.86. The summed E-state index contributed by atoms with van der Waals surface area (Å²) in [6.07, 6.45) is 0. The Labute approximate surface area is 359 Å². The fourth-order valence-corrected chi connectivity index (χ4v) is 9.57. The Bertz CT molecular complexity index is 3630. The van der Waals surface area contributed by atoms with Gasteiger partial charge in [0.2, 0.25) is 0 Å². The standard InChI is InChI=1S/C59H37N3/c1-3-20-40(21-4-1)54-43-26-10-8-19-39(43)34-35-53(54)59-61-57(41-22-5-2-6-23-41)60-58(62-59)52-37-36-51(44-27-11-12-28-45(44)52)56-49-31-15-13-29-47(49)55(48-30-14-16-32-50(48)56)46-33-17-24-38-18-7-9-25-42(38)46/h1-37H. The molecule has 0 bridgehead atoms. The average Bonchev–Trinajstić information content (AvgIpc) is 3.35. The highest BCUT2D eigenvalue weighted by Gasteiger charge is 2.22. The molecule has 0 aliphatic heterocycles. The highest BCUT2D eigenvalue weighted by molar-refractivity contribution is 6.25. The van der Waals surface area contributed by atoms with E-state index in [0.29, 0.717) is 17.5 Å². The third-order valence-corrected chi connectivity index (χ3v) is 12.3. The Morgan fingerprint density at radius 2 is 0.581 bits per heavy atom. The van der Waals surface area contributed by atoms with Gasteiger partial charge in [-0.1, -0.05) is 212 Å². The quantitative estimate of drug-likeness (QED) is 0.158. The minimum atomic E-state index is 0.629. The van der Waals surface area contributed by atoms with Crippen LogP contribution in [0.5, 0.6) is 0 Å². The fourth-order valence-electron chi connectivity index (χ4n) is 9.57. The molecule has 0 unspecified atom stereocenters. The molecular weight excluding hydrogens is 751 g/mol. The Balaban J connectivity index is 1.11.